The van der Waals surface area contributed by atoms with Gasteiger partial charge in [0.25, 0.3) is 0 Å². The molecule has 0 radical (unpaired) electrons. The van der Waals surface area contributed by atoms with E-state index in [0.717, 1.165) is 5.57 Å². The molecule has 0 saturated heterocycles. The summed E-state index contributed by atoms with van der Waals surface area (Å²) in [6, 6.07) is 0. The van der Waals surface area contributed by atoms with Crippen molar-refractivity contribution in [1.82, 2.24) is 5.32 Å². The van der Waals surface area contributed by atoms with Crippen molar-refractivity contribution in [3.8, 4) is 0 Å². The predicted molar refractivity (Wildman–Crippen MR) is 46.7 cm³/mol. The molecular weight excluding hydrogens is 142 g/mol. The largest absolute Gasteiger partial charge is 0.478 e. The number of carbonyl (C=O) groups is 1. The first kappa shape index (κ1) is 12.8. The highest BCUT2D eigenvalue weighted by Crippen LogP contribution is 1.99. The molecule has 2 N–H and O–H groups in total. The fourth-order valence-electron chi connectivity index (χ4n) is 0.214. The van der Waals surface area contributed by atoms with Crippen molar-refractivity contribution in [2.75, 3.05) is 14.1 Å². The molecule has 11 heavy (non-hydrogen) atoms. The second-order valence-electron chi connectivity index (χ2n) is 2.43. The Kier molecular flexibility index (Phi) is 8.48. The Labute approximate surface area is 68.1 Å². The molecule has 0 aliphatic carbocycles. The average molecular weight is 159 g/mol. The number of carboxylic acids is 1. The molecule has 0 fully saturated rings. The van der Waals surface area contributed by atoms with Gasteiger partial charge in [0, 0.05) is 5.57 Å². The lowest BCUT2D eigenvalue weighted by atomic mass is 10.2. The van der Waals surface area contributed by atoms with Crippen LogP contribution >= 0.6 is 0 Å². The Morgan fingerprint density at radius 2 is 1.45 bits per heavy atom. The highest BCUT2D eigenvalue weighted by molar-refractivity contribution is 5.86. The van der Waals surface area contributed by atoms with Gasteiger partial charge >= 0.3 is 5.97 Å². The van der Waals surface area contributed by atoms with Crippen LogP contribution in [0.5, 0.6) is 0 Å². The summed E-state index contributed by atoms with van der Waals surface area (Å²) in [7, 11) is 3.75. The third-order valence-corrected chi connectivity index (χ3v) is 1.07. The van der Waals surface area contributed by atoms with Crippen LogP contribution in [0.15, 0.2) is 11.1 Å². The highest BCUT2D eigenvalue weighted by atomic mass is 16.4. The van der Waals surface area contributed by atoms with E-state index in [1.54, 1.807) is 20.8 Å². The van der Waals surface area contributed by atoms with Gasteiger partial charge in [0.1, 0.15) is 0 Å². The Hall–Kier alpha value is -0.830. The minimum absolute atomic E-state index is 0.435. The fourth-order valence-corrected chi connectivity index (χ4v) is 0.214. The monoisotopic (exact) mass is 159 g/mol. The smallest absolute Gasteiger partial charge is 0.331 e. The van der Waals surface area contributed by atoms with Gasteiger partial charge in [0.15, 0.2) is 0 Å². The van der Waals surface area contributed by atoms with Crippen LogP contribution in [-0.2, 0) is 4.79 Å². The van der Waals surface area contributed by atoms with E-state index in [9.17, 15) is 4.79 Å². The van der Waals surface area contributed by atoms with Crippen LogP contribution in [0.1, 0.15) is 20.8 Å². The molecule has 0 aliphatic heterocycles. The van der Waals surface area contributed by atoms with E-state index in [-0.39, 0.29) is 0 Å². The van der Waals surface area contributed by atoms with Crippen LogP contribution in [0.4, 0.5) is 0 Å². The standard InChI is InChI=1S/C6H10O2.C2H7N/c1-4(2)5(3)6(7)8;1-3-2/h1-3H3,(H,7,8);3H,1-2H3. The highest BCUT2D eigenvalue weighted by Gasteiger charge is 1.98. The van der Waals surface area contributed by atoms with Crippen LogP contribution in [0.3, 0.4) is 0 Å². The first-order valence-corrected chi connectivity index (χ1v) is 3.43. The van der Waals surface area contributed by atoms with E-state index in [1.807, 2.05) is 14.1 Å². The molecule has 0 atom stereocenters. The zero-order valence-electron chi connectivity index (χ0n) is 7.86. The van der Waals surface area contributed by atoms with Gasteiger partial charge in [-0.15, -0.1) is 0 Å². The van der Waals surface area contributed by atoms with Crippen LogP contribution in [-0.4, -0.2) is 25.2 Å². The molecule has 3 nitrogen and oxygen atoms in total. The minimum Gasteiger partial charge on any atom is -0.478 e. The van der Waals surface area contributed by atoms with Gasteiger partial charge < -0.3 is 10.4 Å². The van der Waals surface area contributed by atoms with Gasteiger partial charge in [-0.1, -0.05) is 5.57 Å². The predicted octanol–water partition coefficient (Wildman–Crippen LogP) is 1.26. The molecule has 0 rings (SSSR count). The molecule has 0 heterocycles. The summed E-state index contributed by atoms with van der Waals surface area (Å²) in [4.78, 5) is 10.1. The lowest BCUT2D eigenvalue weighted by Crippen LogP contribution is -1.97. The summed E-state index contributed by atoms with van der Waals surface area (Å²) in [6.45, 7) is 5.16. The van der Waals surface area contributed by atoms with Crippen molar-refractivity contribution in [2.45, 2.75) is 20.8 Å². The van der Waals surface area contributed by atoms with E-state index in [2.05, 4.69) is 5.32 Å². The molecule has 0 bridgehead atoms. The van der Waals surface area contributed by atoms with Crippen molar-refractivity contribution in [2.24, 2.45) is 0 Å². The average Bonchev–Trinajstić information content (AvgIpc) is 1.87. The first-order valence-electron chi connectivity index (χ1n) is 3.43. The molecule has 0 amide bonds. The Morgan fingerprint density at radius 1 is 1.18 bits per heavy atom. The number of rotatable bonds is 1. The second kappa shape index (κ2) is 7.28. The van der Waals surface area contributed by atoms with Crippen LogP contribution < -0.4 is 5.32 Å². The van der Waals surface area contributed by atoms with Crippen molar-refractivity contribution in [1.29, 1.82) is 0 Å². The van der Waals surface area contributed by atoms with Gasteiger partial charge in [-0.25, -0.2) is 4.79 Å². The zero-order chi connectivity index (χ0) is 9.44. The fraction of sp³-hybridized carbons (Fsp3) is 0.625. The molecule has 0 spiro atoms. The van der Waals surface area contributed by atoms with Crippen molar-refractivity contribution in [3.63, 3.8) is 0 Å². The summed E-state index contributed by atoms with van der Waals surface area (Å²) < 4.78 is 0. The van der Waals surface area contributed by atoms with Gasteiger partial charge in [-0.05, 0) is 34.9 Å². The van der Waals surface area contributed by atoms with Crippen LogP contribution in [0, 0.1) is 0 Å². The summed E-state index contributed by atoms with van der Waals surface area (Å²) >= 11 is 0. The summed E-state index contributed by atoms with van der Waals surface area (Å²) in [5.74, 6) is -0.829. The van der Waals surface area contributed by atoms with Gasteiger partial charge in [0.2, 0.25) is 0 Å². The molecule has 0 aliphatic rings. The molecule has 0 aromatic heterocycles. The molecule has 0 aromatic carbocycles. The molecule has 0 aromatic rings. The number of carboxylic acid groups (broad SMARTS) is 1. The second-order valence-corrected chi connectivity index (χ2v) is 2.43. The Bertz CT molecular complexity index is 146. The quantitative estimate of drug-likeness (QED) is 0.566. The number of hydrogen-bond acceptors (Lipinski definition) is 2. The van der Waals surface area contributed by atoms with E-state index in [4.69, 9.17) is 5.11 Å². The van der Waals surface area contributed by atoms with E-state index in [0.29, 0.717) is 5.57 Å². The SMILES string of the molecule is CC(C)=C(C)C(=O)O.CNC. The third-order valence-electron chi connectivity index (χ3n) is 1.07. The van der Waals surface area contributed by atoms with E-state index < -0.39 is 5.97 Å². The lowest BCUT2D eigenvalue weighted by Gasteiger charge is -1.92. The maximum atomic E-state index is 10.1. The molecular formula is C8H17NO2. The molecule has 66 valence electrons. The third kappa shape index (κ3) is 9.17. The molecule has 3 heteroatoms. The topological polar surface area (TPSA) is 49.3 Å². The maximum absolute atomic E-state index is 10.1. The van der Waals surface area contributed by atoms with Gasteiger partial charge in [-0.3, -0.25) is 0 Å². The van der Waals surface area contributed by atoms with Crippen molar-refractivity contribution < 1.29 is 9.90 Å². The lowest BCUT2D eigenvalue weighted by molar-refractivity contribution is -0.132. The summed E-state index contributed by atoms with van der Waals surface area (Å²) in [6.07, 6.45) is 0. The maximum Gasteiger partial charge on any atom is 0.331 e. The summed E-state index contributed by atoms with van der Waals surface area (Å²) in [5, 5.41) is 11.0. The van der Waals surface area contributed by atoms with Crippen LogP contribution in [0.25, 0.3) is 0 Å². The van der Waals surface area contributed by atoms with E-state index >= 15 is 0 Å². The van der Waals surface area contributed by atoms with Gasteiger partial charge in [-0.2, -0.15) is 0 Å². The van der Waals surface area contributed by atoms with E-state index in [1.165, 1.54) is 0 Å². The van der Waals surface area contributed by atoms with Crippen LogP contribution in [0.2, 0.25) is 0 Å². The summed E-state index contributed by atoms with van der Waals surface area (Å²) in [5.41, 5.74) is 1.29. The van der Waals surface area contributed by atoms with Gasteiger partial charge in [0.05, 0.1) is 0 Å². The molecule has 0 saturated carbocycles. The minimum atomic E-state index is -0.829. The van der Waals surface area contributed by atoms with Crippen molar-refractivity contribution in [3.05, 3.63) is 11.1 Å². The molecule has 0 unspecified atom stereocenters. The number of nitrogens with one attached hydrogen (secondary N) is 1. The van der Waals surface area contributed by atoms with Crippen molar-refractivity contribution >= 4 is 5.97 Å². The number of aliphatic carboxylic acids is 1. The number of allylic oxidation sites excluding steroid dienone is 1. The normalized spacial score (nSPS) is 7.73. The zero-order valence-corrected chi connectivity index (χ0v) is 7.86. The Balaban J connectivity index is 0. The Morgan fingerprint density at radius 3 is 1.45 bits per heavy atom. The first-order chi connectivity index (χ1) is 4.97. The number of hydrogen-bond donors (Lipinski definition) is 2.